The molecule has 0 saturated heterocycles. The summed E-state index contributed by atoms with van der Waals surface area (Å²) in [4.78, 5) is 16.0. The molecule has 1 N–H and O–H groups in total. The molecule has 0 spiro atoms. The average Bonchev–Trinajstić information content (AvgIpc) is 3.00. The average molecular weight is 348 g/mol. The predicted octanol–water partition coefficient (Wildman–Crippen LogP) is 4.97. The summed E-state index contributed by atoms with van der Waals surface area (Å²) >= 11 is 1.47. The molecule has 0 aliphatic carbocycles. The molecule has 1 amide bonds. The third-order valence-electron chi connectivity index (χ3n) is 3.26. The van der Waals surface area contributed by atoms with Gasteiger partial charge in [0.2, 0.25) is 5.91 Å². The van der Waals surface area contributed by atoms with E-state index in [0.717, 1.165) is 22.3 Å². The van der Waals surface area contributed by atoms with E-state index in [4.69, 9.17) is 0 Å². The molecular weight excluding hydrogens is 337 g/mol. The van der Waals surface area contributed by atoms with Gasteiger partial charge in [0, 0.05) is 11.8 Å². The van der Waals surface area contributed by atoms with Gasteiger partial charge in [-0.15, -0.1) is 11.3 Å². The molecule has 0 saturated carbocycles. The Balaban J connectivity index is 1.66. The number of aromatic nitrogens is 1. The van der Waals surface area contributed by atoms with Gasteiger partial charge in [-0.2, -0.15) is 13.2 Å². The van der Waals surface area contributed by atoms with Gasteiger partial charge in [0.15, 0.2) is 0 Å². The Labute approximate surface area is 139 Å². The van der Waals surface area contributed by atoms with E-state index in [2.05, 4.69) is 10.3 Å². The van der Waals surface area contributed by atoms with E-state index in [1.54, 1.807) is 17.6 Å². The Morgan fingerprint density at radius 2 is 1.88 bits per heavy atom. The number of fused-ring (bicyclic) bond motifs is 1. The molecule has 0 atom stereocenters. The maximum Gasteiger partial charge on any atom is 0.416 e. The fourth-order valence-electron chi connectivity index (χ4n) is 2.07. The predicted molar refractivity (Wildman–Crippen MR) is 88.7 cm³/mol. The number of anilines is 1. The van der Waals surface area contributed by atoms with Crippen LogP contribution in [0.25, 0.3) is 16.3 Å². The van der Waals surface area contributed by atoms with Gasteiger partial charge in [0.25, 0.3) is 0 Å². The molecule has 24 heavy (non-hydrogen) atoms. The lowest BCUT2D eigenvalue weighted by atomic mass is 10.1. The lowest BCUT2D eigenvalue weighted by Gasteiger charge is -2.06. The van der Waals surface area contributed by atoms with Gasteiger partial charge in [-0.05, 0) is 42.0 Å². The summed E-state index contributed by atoms with van der Waals surface area (Å²) in [7, 11) is 0. The van der Waals surface area contributed by atoms with Gasteiger partial charge in [-0.1, -0.05) is 12.1 Å². The summed E-state index contributed by atoms with van der Waals surface area (Å²) in [5, 5.41) is 2.70. The molecule has 0 aliphatic rings. The van der Waals surface area contributed by atoms with Crippen LogP contribution in [0.2, 0.25) is 0 Å². The molecule has 2 aromatic carbocycles. The summed E-state index contributed by atoms with van der Waals surface area (Å²) in [5.41, 5.74) is 3.01. The number of benzene rings is 2. The molecule has 1 heterocycles. The Hall–Kier alpha value is -2.67. The van der Waals surface area contributed by atoms with Crippen molar-refractivity contribution in [2.75, 3.05) is 5.32 Å². The van der Waals surface area contributed by atoms with Crippen molar-refractivity contribution >= 4 is 39.2 Å². The summed E-state index contributed by atoms with van der Waals surface area (Å²) in [6.45, 7) is 0. The minimum Gasteiger partial charge on any atom is -0.322 e. The topological polar surface area (TPSA) is 42.0 Å². The second-order valence-electron chi connectivity index (χ2n) is 4.98. The van der Waals surface area contributed by atoms with Crippen LogP contribution in [-0.2, 0) is 11.0 Å². The van der Waals surface area contributed by atoms with E-state index in [9.17, 15) is 18.0 Å². The van der Waals surface area contributed by atoms with E-state index in [1.807, 2.05) is 6.07 Å². The minimum atomic E-state index is -4.37. The molecule has 0 bridgehead atoms. The normalized spacial score (nSPS) is 12.0. The molecule has 3 rings (SSSR count). The van der Waals surface area contributed by atoms with Crippen LogP contribution in [0.1, 0.15) is 11.1 Å². The van der Waals surface area contributed by atoms with Crippen molar-refractivity contribution < 1.29 is 18.0 Å². The highest BCUT2D eigenvalue weighted by Gasteiger charge is 2.29. The van der Waals surface area contributed by atoms with Crippen LogP contribution in [0.5, 0.6) is 0 Å². The quantitative estimate of drug-likeness (QED) is 0.679. The Bertz CT molecular complexity index is 898. The first-order valence-electron chi connectivity index (χ1n) is 6.91. The summed E-state index contributed by atoms with van der Waals surface area (Å²) in [6.07, 6.45) is -1.63. The van der Waals surface area contributed by atoms with Crippen molar-refractivity contribution in [3.05, 3.63) is 65.2 Å². The number of hydrogen-bond donors (Lipinski definition) is 1. The fourth-order valence-corrected chi connectivity index (χ4v) is 2.79. The number of alkyl halides is 3. The molecule has 0 unspecified atom stereocenters. The lowest BCUT2D eigenvalue weighted by molar-refractivity contribution is -0.137. The molecule has 0 aliphatic heterocycles. The number of amides is 1. The van der Waals surface area contributed by atoms with Crippen molar-refractivity contribution in [1.82, 2.24) is 4.98 Å². The van der Waals surface area contributed by atoms with E-state index in [-0.39, 0.29) is 5.91 Å². The number of nitrogens with one attached hydrogen (secondary N) is 1. The van der Waals surface area contributed by atoms with Crippen LogP contribution in [-0.4, -0.2) is 10.9 Å². The number of rotatable bonds is 3. The molecule has 3 aromatic rings. The highest BCUT2D eigenvalue weighted by atomic mass is 32.1. The van der Waals surface area contributed by atoms with E-state index < -0.39 is 11.7 Å². The summed E-state index contributed by atoms with van der Waals surface area (Å²) in [5.74, 6) is -0.362. The maximum atomic E-state index is 12.5. The largest absolute Gasteiger partial charge is 0.416 e. The number of carbonyl (C=O) groups is 1. The molecule has 3 nitrogen and oxygen atoms in total. The summed E-state index contributed by atoms with van der Waals surface area (Å²) < 4.78 is 38.4. The summed E-state index contributed by atoms with van der Waals surface area (Å²) in [6, 6.07) is 9.96. The zero-order valence-electron chi connectivity index (χ0n) is 12.2. The van der Waals surface area contributed by atoms with Crippen molar-refractivity contribution in [3.8, 4) is 0 Å². The van der Waals surface area contributed by atoms with Gasteiger partial charge in [0.1, 0.15) is 0 Å². The Kier molecular flexibility index (Phi) is 4.35. The molecule has 7 heteroatoms. The van der Waals surface area contributed by atoms with Crippen LogP contribution in [0.3, 0.4) is 0 Å². The van der Waals surface area contributed by atoms with E-state index in [1.165, 1.54) is 35.6 Å². The first kappa shape index (κ1) is 16.2. The van der Waals surface area contributed by atoms with E-state index >= 15 is 0 Å². The second-order valence-corrected chi connectivity index (χ2v) is 5.86. The molecule has 1 aromatic heterocycles. The van der Waals surface area contributed by atoms with Crippen LogP contribution < -0.4 is 5.32 Å². The van der Waals surface area contributed by atoms with Crippen molar-refractivity contribution in [3.63, 3.8) is 0 Å². The maximum absolute atomic E-state index is 12.5. The lowest BCUT2D eigenvalue weighted by Crippen LogP contribution is -2.07. The number of thiazole rings is 1. The van der Waals surface area contributed by atoms with Gasteiger partial charge in [0.05, 0.1) is 21.3 Å². The van der Waals surface area contributed by atoms with Gasteiger partial charge >= 0.3 is 6.18 Å². The number of halogens is 3. The number of carbonyl (C=O) groups excluding carboxylic acids is 1. The monoisotopic (exact) mass is 348 g/mol. The highest BCUT2D eigenvalue weighted by molar-refractivity contribution is 7.16. The third kappa shape index (κ3) is 3.80. The van der Waals surface area contributed by atoms with Gasteiger partial charge in [-0.3, -0.25) is 4.79 Å². The van der Waals surface area contributed by atoms with Crippen LogP contribution in [0.4, 0.5) is 18.9 Å². The minimum absolute atomic E-state index is 0.362. The van der Waals surface area contributed by atoms with Crippen LogP contribution in [0, 0.1) is 0 Å². The molecular formula is C17H11F3N2OS. The zero-order valence-corrected chi connectivity index (χ0v) is 13.0. The standard InChI is InChI=1S/C17H11F3N2OS/c18-17(19,20)12-4-1-11(2-5-12)3-8-16(23)22-13-6-7-14-15(9-13)24-10-21-14/h1-10H,(H,22,23). The highest BCUT2D eigenvalue weighted by Crippen LogP contribution is 2.29. The smallest absolute Gasteiger partial charge is 0.322 e. The van der Waals surface area contributed by atoms with Gasteiger partial charge < -0.3 is 5.32 Å². The van der Waals surface area contributed by atoms with Crippen molar-refractivity contribution in [2.45, 2.75) is 6.18 Å². The van der Waals surface area contributed by atoms with Gasteiger partial charge in [-0.25, -0.2) is 4.98 Å². The van der Waals surface area contributed by atoms with Crippen LogP contribution in [0.15, 0.2) is 54.1 Å². The van der Waals surface area contributed by atoms with Crippen molar-refractivity contribution in [1.29, 1.82) is 0 Å². The first-order chi connectivity index (χ1) is 11.4. The Morgan fingerprint density at radius 3 is 2.58 bits per heavy atom. The SMILES string of the molecule is O=C(C=Cc1ccc(C(F)(F)F)cc1)Nc1ccc2ncsc2c1. The van der Waals surface area contributed by atoms with Crippen molar-refractivity contribution in [2.24, 2.45) is 0 Å². The second kappa shape index (κ2) is 6.45. The molecule has 122 valence electrons. The first-order valence-corrected chi connectivity index (χ1v) is 7.79. The number of nitrogens with zero attached hydrogens (tertiary/aromatic N) is 1. The zero-order chi connectivity index (χ0) is 17.2. The van der Waals surface area contributed by atoms with E-state index in [0.29, 0.717) is 11.3 Å². The molecule has 0 fully saturated rings. The third-order valence-corrected chi connectivity index (χ3v) is 4.06. The molecule has 0 radical (unpaired) electrons. The number of hydrogen-bond acceptors (Lipinski definition) is 3. The fraction of sp³-hybridized carbons (Fsp3) is 0.0588. The van der Waals surface area contributed by atoms with Crippen LogP contribution >= 0.6 is 11.3 Å². The Morgan fingerprint density at radius 1 is 1.12 bits per heavy atom.